The standard InChI is InChI=1S/C10H14N2O/c1-13-9-6-8(4-5-12-9)10(11)7-2-3-7/h4-7,10H,2-3,11H2,1H3/t10-/m1/s1. The van der Waals surface area contributed by atoms with Gasteiger partial charge in [0.1, 0.15) is 0 Å². The topological polar surface area (TPSA) is 48.1 Å². The van der Waals surface area contributed by atoms with Gasteiger partial charge in [-0.2, -0.15) is 0 Å². The van der Waals surface area contributed by atoms with Crippen LogP contribution in [0.1, 0.15) is 24.4 Å². The molecule has 2 rings (SSSR count). The number of hydrogen-bond acceptors (Lipinski definition) is 3. The molecule has 0 spiro atoms. The van der Waals surface area contributed by atoms with Gasteiger partial charge in [-0.25, -0.2) is 4.98 Å². The SMILES string of the molecule is COc1cc([C@H](N)C2CC2)ccn1. The van der Waals surface area contributed by atoms with Crippen molar-refractivity contribution in [2.45, 2.75) is 18.9 Å². The second-order valence-corrected chi connectivity index (χ2v) is 3.49. The predicted molar refractivity (Wildman–Crippen MR) is 50.4 cm³/mol. The Morgan fingerprint density at radius 1 is 1.62 bits per heavy atom. The zero-order valence-corrected chi connectivity index (χ0v) is 7.73. The van der Waals surface area contributed by atoms with Crippen LogP contribution in [0.2, 0.25) is 0 Å². The molecule has 0 amide bonds. The van der Waals surface area contributed by atoms with E-state index in [4.69, 9.17) is 10.5 Å². The number of nitrogens with two attached hydrogens (primary N) is 1. The van der Waals surface area contributed by atoms with Gasteiger partial charge in [-0.1, -0.05) is 0 Å². The summed E-state index contributed by atoms with van der Waals surface area (Å²) in [5, 5.41) is 0. The fraction of sp³-hybridized carbons (Fsp3) is 0.500. The van der Waals surface area contributed by atoms with Crippen LogP contribution in [0.25, 0.3) is 0 Å². The number of hydrogen-bond donors (Lipinski definition) is 1. The second kappa shape index (κ2) is 3.34. The lowest BCUT2D eigenvalue weighted by Crippen LogP contribution is -2.12. The molecule has 70 valence electrons. The highest BCUT2D eigenvalue weighted by atomic mass is 16.5. The number of rotatable bonds is 3. The van der Waals surface area contributed by atoms with Crippen molar-refractivity contribution in [1.82, 2.24) is 4.98 Å². The second-order valence-electron chi connectivity index (χ2n) is 3.49. The van der Waals surface area contributed by atoms with Crippen molar-refractivity contribution in [2.75, 3.05) is 7.11 Å². The largest absolute Gasteiger partial charge is 0.481 e. The lowest BCUT2D eigenvalue weighted by molar-refractivity contribution is 0.396. The zero-order chi connectivity index (χ0) is 9.26. The van der Waals surface area contributed by atoms with Crippen LogP contribution < -0.4 is 10.5 Å². The first kappa shape index (κ1) is 8.51. The fourth-order valence-electron chi connectivity index (χ4n) is 1.47. The summed E-state index contributed by atoms with van der Waals surface area (Å²) in [5.74, 6) is 1.32. The molecule has 3 nitrogen and oxygen atoms in total. The molecule has 1 heterocycles. The van der Waals surface area contributed by atoms with Crippen LogP contribution in [0.4, 0.5) is 0 Å². The van der Waals surface area contributed by atoms with E-state index < -0.39 is 0 Å². The summed E-state index contributed by atoms with van der Waals surface area (Å²) in [5.41, 5.74) is 7.17. The number of pyridine rings is 1. The average molecular weight is 178 g/mol. The van der Waals surface area contributed by atoms with Gasteiger partial charge < -0.3 is 10.5 Å². The molecule has 1 aromatic heterocycles. The highest BCUT2D eigenvalue weighted by Crippen LogP contribution is 2.39. The van der Waals surface area contributed by atoms with Crippen molar-refractivity contribution < 1.29 is 4.74 Å². The van der Waals surface area contributed by atoms with E-state index in [1.54, 1.807) is 13.3 Å². The Hall–Kier alpha value is -1.09. The zero-order valence-electron chi connectivity index (χ0n) is 7.73. The molecule has 0 aliphatic heterocycles. The van der Waals surface area contributed by atoms with Crippen molar-refractivity contribution in [1.29, 1.82) is 0 Å². The first-order chi connectivity index (χ1) is 6.31. The van der Waals surface area contributed by atoms with Crippen LogP contribution in [-0.4, -0.2) is 12.1 Å². The minimum absolute atomic E-state index is 0.164. The summed E-state index contributed by atoms with van der Waals surface area (Å²) in [6, 6.07) is 4.05. The van der Waals surface area contributed by atoms with Gasteiger partial charge in [0.05, 0.1) is 7.11 Å². The van der Waals surface area contributed by atoms with Gasteiger partial charge >= 0.3 is 0 Å². The van der Waals surface area contributed by atoms with Crippen LogP contribution in [0, 0.1) is 5.92 Å². The third kappa shape index (κ3) is 1.80. The van der Waals surface area contributed by atoms with Gasteiger partial charge in [0, 0.05) is 18.3 Å². The van der Waals surface area contributed by atoms with E-state index in [1.165, 1.54) is 12.8 Å². The highest BCUT2D eigenvalue weighted by Gasteiger charge is 2.29. The molecule has 1 fully saturated rings. The Morgan fingerprint density at radius 2 is 2.38 bits per heavy atom. The molecule has 1 atom stereocenters. The molecular formula is C10H14N2O. The molecule has 13 heavy (non-hydrogen) atoms. The minimum Gasteiger partial charge on any atom is -0.481 e. The van der Waals surface area contributed by atoms with Crippen LogP contribution in [0.5, 0.6) is 5.88 Å². The third-order valence-electron chi connectivity index (χ3n) is 2.48. The fourth-order valence-corrected chi connectivity index (χ4v) is 1.47. The number of aromatic nitrogens is 1. The van der Waals surface area contributed by atoms with E-state index in [2.05, 4.69) is 4.98 Å². The van der Waals surface area contributed by atoms with Gasteiger partial charge in [0.25, 0.3) is 0 Å². The molecule has 0 unspecified atom stereocenters. The summed E-state index contributed by atoms with van der Waals surface area (Å²) in [6.07, 6.45) is 4.26. The molecule has 0 bridgehead atoms. The molecule has 0 saturated heterocycles. The number of methoxy groups -OCH3 is 1. The van der Waals surface area contributed by atoms with Crippen molar-refractivity contribution in [3.8, 4) is 5.88 Å². The smallest absolute Gasteiger partial charge is 0.213 e. The summed E-state index contributed by atoms with van der Waals surface area (Å²) in [6.45, 7) is 0. The number of nitrogens with zero attached hydrogens (tertiary/aromatic N) is 1. The average Bonchev–Trinajstić information content (AvgIpc) is 3.00. The van der Waals surface area contributed by atoms with E-state index in [1.807, 2.05) is 12.1 Å². The van der Waals surface area contributed by atoms with E-state index in [-0.39, 0.29) is 6.04 Å². The molecule has 0 aromatic carbocycles. The molecule has 1 aliphatic rings. The summed E-state index contributed by atoms with van der Waals surface area (Å²) in [7, 11) is 1.62. The number of ether oxygens (including phenoxy) is 1. The van der Waals surface area contributed by atoms with E-state index in [0.717, 1.165) is 5.56 Å². The lowest BCUT2D eigenvalue weighted by Gasteiger charge is -2.10. The van der Waals surface area contributed by atoms with E-state index in [0.29, 0.717) is 11.8 Å². The van der Waals surface area contributed by atoms with Crippen molar-refractivity contribution in [2.24, 2.45) is 11.7 Å². The van der Waals surface area contributed by atoms with Crippen LogP contribution in [-0.2, 0) is 0 Å². The van der Waals surface area contributed by atoms with Crippen LogP contribution in [0.15, 0.2) is 18.3 Å². The van der Waals surface area contributed by atoms with Gasteiger partial charge in [0.2, 0.25) is 5.88 Å². The molecular weight excluding hydrogens is 164 g/mol. The lowest BCUT2D eigenvalue weighted by atomic mass is 10.1. The first-order valence-corrected chi connectivity index (χ1v) is 4.57. The Labute approximate surface area is 77.9 Å². The molecule has 3 heteroatoms. The van der Waals surface area contributed by atoms with Gasteiger partial charge in [-0.05, 0) is 30.4 Å². The highest BCUT2D eigenvalue weighted by molar-refractivity contribution is 5.24. The molecule has 1 aliphatic carbocycles. The van der Waals surface area contributed by atoms with Gasteiger partial charge in [-0.3, -0.25) is 0 Å². The normalized spacial score (nSPS) is 18.3. The maximum absolute atomic E-state index is 6.04. The molecule has 0 radical (unpaired) electrons. The predicted octanol–water partition coefficient (Wildman–Crippen LogP) is 1.50. The van der Waals surface area contributed by atoms with Gasteiger partial charge in [0.15, 0.2) is 0 Å². The van der Waals surface area contributed by atoms with E-state index >= 15 is 0 Å². The Morgan fingerprint density at radius 3 is 3.00 bits per heavy atom. The third-order valence-corrected chi connectivity index (χ3v) is 2.48. The first-order valence-electron chi connectivity index (χ1n) is 4.57. The maximum Gasteiger partial charge on any atom is 0.213 e. The van der Waals surface area contributed by atoms with Crippen LogP contribution >= 0.6 is 0 Å². The van der Waals surface area contributed by atoms with Crippen molar-refractivity contribution in [3.05, 3.63) is 23.9 Å². The quantitative estimate of drug-likeness (QED) is 0.763. The molecule has 1 saturated carbocycles. The van der Waals surface area contributed by atoms with Gasteiger partial charge in [-0.15, -0.1) is 0 Å². The summed E-state index contributed by atoms with van der Waals surface area (Å²) >= 11 is 0. The van der Waals surface area contributed by atoms with Crippen molar-refractivity contribution in [3.63, 3.8) is 0 Å². The molecule has 2 N–H and O–H groups in total. The van der Waals surface area contributed by atoms with Crippen LogP contribution in [0.3, 0.4) is 0 Å². The summed E-state index contributed by atoms with van der Waals surface area (Å²) in [4.78, 5) is 4.04. The monoisotopic (exact) mass is 178 g/mol. The Kier molecular flexibility index (Phi) is 2.19. The van der Waals surface area contributed by atoms with Crippen molar-refractivity contribution >= 4 is 0 Å². The molecule has 1 aromatic rings. The Balaban J connectivity index is 2.18. The van der Waals surface area contributed by atoms with E-state index in [9.17, 15) is 0 Å². The Bertz CT molecular complexity index is 297. The minimum atomic E-state index is 0.164. The summed E-state index contributed by atoms with van der Waals surface area (Å²) < 4.78 is 5.04. The maximum atomic E-state index is 6.04.